The molecule has 1 saturated carbocycles. The van der Waals surface area contributed by atoms with Gasteiger partial charge in [0.15, 0.2) is 0 Å². The summed E-state index contributed by atoms with van der Waals surface area (Å²) in [4.78, 5) is 42.9. The van der Waals surface area contributed by atoms with Crippen LogP contribution in [0.5, 0.6) is 0 Å². The van der Waals surface area contributed by atoms with E-state index in [1.165, 1.54) is 16.2 Å². The van der Waals surface area contributed by atoms with Gasteiger partial charge in [-0.05, 0) is 24.7 Å². The van der Waals surface area contributed by atoms with Crippen molar-refractivity contribution in [1.82, 2.24) is 14.7 Å². The van der Waals surface area contributed by atoms with Crippen molar-refractivity contribution >= 4 is 17.7 Å². The molecule has 8 heteroatoms. The molecule has 2 aliphatic rings. The lowest BCUT2D eigenvalue weighted by Crippen LogP contribution is -2.50. The van der Waals surface area contributed by atoms with Crippen LogP contribution in [0.2, 0.25) is 0 Å². The van der Waals surface area contributed by atoms with Crippen LogP contribution in [0.4, 0.5) is 0 Å². The third-order valence-corrected chi connectivity index (χ3v) is 5.61. The number of amides is 3. The normalized spacial score (nSPS) is 17.2. The highest BCUT2D eigenvalue weighted by Crippen LogP contribution is 2.26. The van der Waals surface area contributed by atoms with Gasteiger partial charge in [-0.1, -0.05) is 33.1 Å². The van der Waals surface area contributed by atoms with Gasteiger partial charge in [0, 0.05) is 38.1 Å². The molecule has 3 amide bonds. The van der Waals surface area contributed by atoms with Gasteiger partial charge in [-0.2, -0.15) is 0 Å². The van der Waals surface area contributed by atoms with E-state index in [1.807, 2.05) is 13.8 Å². The van der Waals surface area contributed by atoms with E-state index >= 15 is 0 Å². The Morgan fingerprint density at radius 1 is 1.07 bits per heavy atom. The number of morpholine rings is 1. The van der Waals surface area contributed by atoms with Gasteiger partial charge >= 0.3 is 0 Å². The molecule has 30 heavy (non-hydrogen) atoms. The molecule has 8 nitrogen and oxygen atoms in total. The molecular weight excluding hydrogens is 384 g/mol. The number of hydrogen-bond acceptors (Lipinski definition) is 5. The fourth-order valence-corrected chi connectivity index (χ4v) is 4.02. The molecular formula is C22H36N4O4. The van der Waals surface area contributed by atoms with E-state index in [0.29, 0.717) is 45.2 Å². The van der Waals surface area contributed by atoms with E-state index in [1.54, 1.807) is 4.90 Å². The third-order valence-electron chi connectivity index (χ3n) is 5.61. The predicted molar refractivity (Wildman–Crippen MR) is 114 cm³/mol. The van der Waals surface area contributed by atoms with E-state index in [4.69, 9.17) is 10.5 Å². The summed E-state index contributed by atoms with van der Waals surface area (Å²) in [6, 6.07) is 4.84. The van der Waals surface area contributed by atoms with E-state index < -0.39 is 0 Å². The van der Waals surface area contributed by atoms with Crippen molar-refractivity contribution in [1.29, 1.82) is 0 Å². The summed E-state index contributed by atoms with van der Waals surface area (Å²) in [5.74, 6) is -0.0175. The maximum atomic E-state index is 13.0. The summed E-state index contributed by atoms with van der Waals surface area (Å²) in [5.41, 5.74) is 5.36. The number of rotatable bonds is 8. The Labute approximate surface area is 180 Å². The minimum atomic E-state index is -0.287. The molecule has 0 aromatic heterocycles. The number of carbonyl (C=O) groups is 3. The summed E-state index contributed by atoms with van der Waals surface area (Å²) >= 11 is 0. The van der Waals surface area contributed by atoms with Crippen molar-refractivity contribution in [3.05, 3.63) is 0 Å². The Morgan fingerprint density at radius 2 is 1.73 bits per heavy atom. The summed E-state index contributed by atoms with van der Waals surface area (Å²) in [6.45, 7) is 6.34. The van der Waals surface area contributed by atoms with Crippen molar-refractivity contribution in [3.63, 3.8) is 0 Å². The average Bonchev–Trinajstić information content (AvgIpc) is 2.73. The molecule has 168 valence electrons. The molecule has 1 saturated heterocycles. The number of nitrogens with two attached hydrogens (primary N) is 1. The minimum absolute atomic E-state index is 0.00226. The second-order valence-corrected chi connectivity index (χ2v) is 8.61. The van der Waals surface area contributed by atoms with Crippen molar-refractivity contribution < 1.29 is 19.1 Å². The number of carbonyl (C=O) groups excluding carboxylic acids is 3. The highest BCUT2D eigenvalue weighted by atomic mass is 16.5. The Bertz CT molecular complexity index is 643. The smallest absolute Gasteiger partial charge is 0.243 e. The van der Waals surface area contributed by atoms with Gasteiger partial charge < -0.3 is 20.3 Å². The van der Waals surface area contributed by atoms with Crippen LogP contribution in [-0.4, -0.2) is 78.4 Å². The van der Waals surface area contributed by atoms with E-state index in [-0.39, 0.29) is 36.7 Å². The van der Waals surface area contributed by atoms with Crippen molar-refractivity contribution in [2.24, 2.45) is 17.6 Å². The lowest BCUT2D eigenvalue weighted by atomic mass is 9.87. The lowest BCUT2D eigenvalue weighted by molar-refractivity contribution is -0.145. The van der Waals surface area contributed by atoms with Gasteiger partial charge in [0.25, 0.3) is 0 Å². The van der Waals surface area contributed by atoms with Crippen LogP contribution in [0.3, 0.4) is 0 Å². The first-order chi connectivity index (χ1) is 14.4. The zero-order valence-electron chi connectivity index (χ0n) is 18.4. The van der Waals surface area contributed by atoms with Gasteiger partial charge in [-0.3, -0.25) is 19.3 Å². The quantitative estimate of drug-likeness (QED) is 0.467. The van der Waals surface area contributed by atoms with Crippen LogP contribution in [0.15, 0.2) is 0 Å². The van der Waals surface area contributed by atoms with Crippen LogP contribution in [0.25, 0.3) is 0 Å². The molecule has 0 spiro atoms. The second-order valence-electron chi connectivity index (χ2n) is 8.61. The van der Waals surface area contributed by atoms with E-state index in [0.717, 1.165) is 25.7 Å². The fourth-order valence-electron chi connectivity index (χ4n) is 4.02. The van der Waals surface area contributed by atoms with E-state index in [9.17, 15) is 14.4 Å². The fraction of sp³-hybridized carbons (Fsp3) is 0.773. The molecule has 0 aromatic rings. The highest BCUT2D eigenvalue weighted by molar-refractivity contribution is 5.89. The van der Waals surface area contributed by atoms with Crippen LogP contribution in [0.1, 0.15) is 52.4 Å². The molecule has 0 radical (unpaired) electrons. The van der Waals surface area contributed by atoms with Crippen molar-refractivity contribution in [2.75, 3.05) is 45.9 Å². The van der Waals surface area contributed by atoms with Crippen LogP contribution in [-0.2, 0) is 19.1 Å². The summed E-state index contributed by atoms with van der Waals surface area (Å²) < 4.78 is 5.29. The topological polar surface area (TPSA) is 96.2 Å². The van der Waals surface area contributed by atoms with Gasteiger partial charge in [-0.25, -0.2) is 0 Å². The summed E-state index contributed by atoms with van der Waals surface area (Å²) in [7, 11) is 0. The molecule has 2 rings (SSSR count). The summed E-state index contributed by atoms with van der Waals surface area (Å²) in [5, 5.41) is 0. The molecule has 1 heterocycles. The molecule has 1 aliphatic carbocycles. The SMILES string of the molecule is CC(C)CN(CC(=O)N1CCOCC1)C(=O)CN(C#CN)C(=O)CC1CCCCC1. The molecule has 0 atom stereocenters. The van der Waals surface area contributed by atoms with Gasteiger partial charge in [-0.15, -0.1) is 0 Å². The highest BCUT2D eigenvalue weighted by Gasteiger charge is 2.27. The minimum Gasteiger partial charge on any atom is -0.378 e. The zero-order valence-corrected chi connectivity index (χ0v) is 18.4. The largest absolute Gasteiger partial charge is 0.378 e. The molecule has 0 bridgehead atoms. The number of nitrogens with zero attached hydrogens (tertiary/aromatic N) is 3. The van der Waals surface area contributed by atoms with Crippen molar-refractivity contribution in [3.8, 4) is 12.1 Å². The lowest BCUT2D eigenvalue weighted by Gasteiger charge is -2.31. The molecule has 2 fully saturated rings. The molecule has 2 N–H and O–H groups in total. The Hall–Kier alpha value is -2.27. The maximum absolute atomic E-state index is 13.0. The first-order valence-corrected chi connectivity index (χ1v) is 11.1. The first kappa shape index (κ1) is 24.0. The summed E-state index contributed by atoms with van der Waals surface area (Å²) in [6.07, 6.45) is 5.97. The van der Waals surface area contributed by atoms with Gasteiger partial charge in [0.2, 0.25) is 17.7 Å². The number of hydrogen-bond donors (Lipinski definition) is 1. The standard InChI is InChI=1S/C22H36N4O4/c1-18(2)15-26(17-21(28)24-10-12-30-13-11-24)22(29)16-25(9-8-23)20(27)14-19-6-4-3-5-7-19/h18-19H,3-7,10-17,23H2,1-2H3. The van der Waals surface area contributed by atoms with Gasteiger partial charge in [0.05, 0.1) is 19.8 Å². The van der Waals surface area contributed by atoms with Crippen LogP contribution >= 0.6 is 0 Å². The average molecular weight is 421 g/mol. The Kier molecular flexibility index (Phi) is 9.95. The Morgan fingerprint density at radius 3 is 2.33 bits per heavy atom. The monoisotopic (exact) mass is 420 g/mol. The number of ether oxygens (including phenoxy) is 1. The third kappa shape index (κ3) is 7.86. The van der Waals surface area contributed by atoms with Crippen molar-refractivity contribution in [2.45, 2.75) is 52.4 Å². The molecule has 1 aliphatic heterocycles. The predicted octanol–water partition coefficient (Wildman–Crippen LogP) is 1.01. The molecule has 0 aromatic carbocycles. The Balaban J connectivity index is 1.99. The van der Waals surface area contributed by atoms with Gasteiger partial charge in [0.1, 0.15) is 6.54 Å². The van der Waals surface area contributed by atoms with E-state index in [2.05, 4.69) is 12.1 Å². The molecule has 0 unspecified atom stereocenters. The second kappa shape index (κ2) is 12.4. The first-order valence-electron chi connectivity index (χ1n) is 11.1. The maximum Gasteiger partial charge on any atom is 0.243 e. The zero-order chi connectivity index (χ0) is 21.9. The van der Waals surface area contributed by atoms with Crippen LogP contribution < -0.4 is 5.73 Å². The van der Waals surface area contributed by atoms with Crippen LogP contribution in [0, 0.1) is 23.9 Å².